The van der Waals surface area contributed by atoms with Gasteiger partial charge in [-0.25, -0.2) is 0 Å². The van der Waals surface area contributed by atoms with Crippen LogP contribution in [0.5, 0.6) is 0 Å². The molecule has 2 fully saturated rings. The number of furan rings is 1. The second-order valence-corrected chi connectivity index (χ2v) is 10.1. The van der Waals surface area contributed by atoms with Crippen LogP contribution in [0.1, 0.15) is 54.7 Å². The molecule has 5 atom stereocenters. The van der Waals surface area contributed by atoms with Crippen molar-refractivity contribution in [3.8, 4) is 0 Å². The van der Waals surface area contributed by atoms with E-state index in [1.165, 1.54) is 19.3 Å². The Balaban J connectivity index is 1.22. The molecule has 0 saturated heterocycles. The smallest absolute Gasteiger partial charge is 0.286 e. The SMILES string of the molecule is O=C(NC1CC2CCC1C2)C1=C[C@H](c2coc3ccccc23)C[C@H](OCc2ccc(CO)cc2)O1. The second-order valence-electron chi connectivity index (χ2n) is 10.1. The molecule has 1 aromatic heterocycles. The Morgan fingerprint density at radius 1 is 1.03 bits per heavy atom. The van der Waals surface area contributed by atoms with Gasteiger partial charge < -0.3 is 24.3 Å². The maximum absolute atomic E-state index is 13.3. The predicted octanol–water partition coefficient (Wildman–Crippen LogP) is 5.16. The molecule has 2 aliphatic carbocycles. The van der Waals surface area contributed by atoms with Crippen LogP contribution >= 0.6 is 0 Å². The molecule has 1 aliphatic heterocycles. The van der Waals surface area contributed by atoms with Gasteiger partial charge in [0.15, 0.2) is 5.76 Å². The van der Waals surface area contributed by atoms with Crippen molar-refractivity contribution < 1.29 is 23.8 Å². The van der Waals surface area contributed by atoms with Gasteiger partial charge in [0.05, 0.1) is 19.5 Å². The van der Waals surface area contributed by atoms with E-state index in [-0.39, 0.29) is 24.5 Å². The van der Waals surface area contributed by atoms with E-state index in [0.717, 1.165) is 40.0 Å². The van der Waals surface area contributed by atoms with Crippen LogP contribution in [0.2, 0.25) is 0 Å². The Morgan fingerprint density at radius 2 is 1.86 bits per heavy atom. The number of carbonyl (C=O) groups is 1. The van der Waals surface area contributed by atoms with Gasteiger partial charge >= 0.3 is 0 Å². The molecule has 0 radical (unpaired) electrons. The van der Waals surface area contributed by atoms with Crippen LogP contribution in [-0.2, 0) is 27.5 Å². The van der Waals surface area contributed by atoms with Gasteiger partial charge in [0.25, 0.3) is 5.91 Å². The summed E-state index contributed by atoms with van der Waals surface area (Å²) in [5, 5.41) is 13.6. The first-order valence-corrected chi connectivity index (χ1v) is 12.6. The number of aliphatic hydroxyl groups excluding tert-OH is 1. The van der Waals surface area contributed by atoms with Crippen LogP contribution < -0.4 is 5.32 Å². The lowest BCUT2D eigenvalue weighted by Gasteiger charge is -2.30. The quantitative estimate of drug-likeness (QED) is 0.495. The number of allylic oxidation sites excluding steroid dienone is 1. The fourth-order valence-corrected chi connectivity index (χ4v) is 6.01. The zero-order valence-electron chi connectivity index (χ0n) is 19.7. The summed E-state index contributed by atoms with van der Waals surface area (Å²) in [6.45, 7) is 0.371. The molecular formula is C29H31NO5. The normalized spacial score (nSPS) is 27.6. The van der Waals surface area contributed by atoms with Crippen LogP contribution in [-0.4, -0.2) is 23.3 Å². The Hall–Kier alpha value is -3.09. The van der Waals surface area contributed by atoms with Gasteiger partial charge in [0, 0.05) is 29.3 Å². The molecule has 182 valence electrons. The van der Waals surface area contributed by atoms with Gasteiger partial charge in [0.1, 0.15) is 5.58 Å². The summed E-state index contributed by atoms with van der Waals surface area (Å²) in [4.78, 5) is 13.3. The lowest BCUT2D eigenvalue weighted by molar-refractivity contribution is -0.150. The van der Waals surface area contributed by atoms with E-state index in [0.29, 0.717) is 24.7 Å². The largest absolute Gasteiger partial charge is 0.464 e. The van der Waals surface area contributed by atoms with E-state index in [9.17, 15) is 9.90 Å². The number of fused-ring (bicyclic) bond motifs is 3. The number of aliphatic hydroxyl groups is 1. The van der Waals surface area contributed by atoms with Crippen LogP contribution in [0.4, 0.5) is 0 Å². The standard InChI is InChI=1S/C29H31NO5/c31-15-18-5-7-19(8-6-18)16-34-28-14-22(24-17-33-26-4-2-1-3-23(24)26)13-27(35-28)29(32)30-25-12-20-9-10-21(25)11-20/h1-8,13,17,20-22,25,28,31H,9-12,14-16H2,(H,30,32)/t20?,21?,22-,25?,28+/m0/s1. The van der Waals surface area contributed by atoms with Crippen LogP contribution in [0.25, 0.3) is 11.0 Å². The first-order chi connectivity index (χ1) is 17.2. The number of nitrogens with one attached hydrogen (secondary N) is 1. The van der Waals surface area contributed by atoms with Crippen molar-refractivity contribution in [1.82, 2.24) is 5.32 Å². The van der Waals surface area contributed by atoms with Gasteiger partial charge in [-0.2, -0.15) is 0 Å². The van der Waals surface area contributed by atoms with E-state index in [1.807, 2.05) is 54.6 Å². The monoisotopic (exact) mass is 473 g/mol. The fourth-order valence-electron chi connectivity index (χ4n) is 6.01. The number of benzene rings is 2. The maximum atomic E-state index is 13.3. The average Bonchev–Trinajstić information content (AvgIpc) is 3.63. The Labute approximate surface area is 204 Å². The zero-order chi connectivity index (χ0) is 23.8. The summed E-state index contributed by atoms with van der Waals surface area (Å²) < 4.78 is 18.0. The number of ether oxygens (including phenoxy) is 2. The molecule has 2 N–H and O–H groups in total. The molecular weight excluding hydrogens is 442 g/mol. The van der Waals surface area contributed by atoms with E-state index in [4.69, 9.17) is 13.9 Å². The molecule has 3 aliphatic rings. The Bertz CT molecular complexity index is 1230. The molecule has 0 spiro atoms. The van der Waals surface area contributed by atoms with E-state index in [1.54, 1.807) is 6.26 Å². The predicted molar refractivity (Wildman–Crippen MR) is 131 cm³/mol. The Morgan fingerprint density at radius 3 is 2.63 bits per heavy atom. The summed E-state index contributed by atoms with van der Waals surface area (Å²) in [5.41, 5.74) is 3.71. The molecule has 2 bridgehead atoms. The molecule has 2 aromatic carbocycles. The third-order valence-electron chi connectivity index (χ3n) is 7.89. The highest BCUT2D eigenvalue weighted by molar-refractivity contribution is 5.92. The van der Waals surface area contributed by atoms with Crippen LogP contribution in [0.3, 0.4) is 0 Å². The molecule has 3 unspecified atom stereocenters. The third kappa shape index (κ3) is 4.60. The zero-order valence-corrected chi connectivity index (χ0v) is 19.7. The minimum Gasteiger partial charge on any atom is -0.464 e. The van der Waals surface area contributed by atoms with Crippen molar-refractivity contribution in [2.75, 3.05) is 0 Å². The Kier molecular flexibility index (Phi) is 6.08. The number of amides is 1. The van der Waals surface area contributed by atoms with E-state index < -0.39 is 6.29 Å². The van der Waals surface area contributed by atoms with Crippen molar-refractivity contribution in [2.45, 2.75) is 63.6 Å². The van der Waals surface area contributed by atoms with Crippen LogP contribution in [0, 0.1) is 11.8 Å². The first-order valence-electron chi connectivity index (χ1n) is 12.6. The lowest BCUT2D eigenvalue weighted by atomic mass is 9.92. The molecule has 6 rings (SSSR count). The summed E-state index contributed by atoms with van der Waals surface area (Å²) in [6, 6.07) is 15.8. The fraction of sp³-hybridized carbons (Fsp3) is 0.414. The van der Waals surface area contributed by atoms with Gasteiger partial charge in [-0.15, -0.1) is 0 Å². The molecule has 3 aromatic rings. The number of rotatable bonds is 7. The minimum absolute atomic E-state index is 0.0130. The van der Waals surface area contributed by atoms with Gasteiger partial charge in [0.2, 0.25) is 6.29 Å². The lowest BCUT2D eigenvalue weighted by Crippen LogP contribution is -2.41. The summed E-state index contributed by atoms with van der Waals surface area (Å²) in [7, 11) is 0. The highest BCUT2D eigenvalue weighted by Gasteiger charge is 2.41. The van der Waals surface area contributed by atoms with Crippen molar-refractivity contribution in [3.63, 3.8) is 0 Å². The highest BCUT2D eigenvalue weighted by atomic mass is 16.7. The molecule has 2 heterocycles. The van der Waals surface area contributed by atoms with E-state index >= 15 is 0 Å². The summed E-state index contributed by atoms with van der Waals surface area (Å²) in [5.74, 6) is 1.46. The summed E-state index contributed by atoms with van der Waals surface area (Å²) in [6.07, 6.45) is 8.54. The van der Waals surface area contributed by atoms with Gasteiger partial charge in [-0.3, -0.25) is 4.79 Å². The van der Waals surface area contributed by atoms with Crippen molar-refractivity contribution >= 4 is 16.9 Å². The van der Waals surface area contributed by atoms with Crippen molar-refractivity contribution in [2.24, 2.45) is 11.8 Å². The second kappa shape index (κ2) is 9.51. The summed E-state index contributed by atoms with van der Waals surface area (Å²) >= 11 is 0. The molecule has 35 heavy (non-hydrogen) atoms. The molecule has 6 nitrogen and oxygen atoms in total. The molecule has 1 amide bonds. The van der Waals surface area contributed by atoms with E-state index in [2.05, 4.69) is 5.32 Å². The first kappa shape index (κ1) is 22.4. The number of carbonyl (C=O) groups excluding carboxylic acids is 1. The number of hydrogen-bond donors (Lipinski definition) is 2. The minimum atomic E-state index is -0.558. The number of para-hydroxylation sites is 1. The third-order valence-corrected chi connectivity index (χ3v) is 7.89. The molecule has 6 heteroatoms. The van der Waals surface area contributed by atoms with Crippen LogP contribution in [0.15, 0.2) is 71.0 Å². The maximum Gasteiger partial charge on any atom is 0.286 e. The van der Waals surface area contributed by atoms with Crippen molar-refractivity contribution in [1.29, 1.82) is 0 Å². The number of hydrogen-bond acceptors (Lipinski definition) is 5. The van der Waals surface area contributed by atoms with Crippen molar-refractivity contribution in [3.05, 3.63) is 83.3 Å². The average molecular weight is 474 g/mol. The van der Waals surface area contributed by atoms with Gasteiger partial charge in [-0.05, 0) is 54.4 Å². The molecule has 2 saturated carbocycles. The van der Waals surface area contributed by atoms with Gasteiger partial charge in [-0.1, -0.05) is 48.9 Å². The topological polar surface area (TPSA) is 80.9 Å². The highest BCUT2D eigenvalue weighted by Crippen LogP contribution is 2.44.